The van der Waals surface area contributed by atoms with Crippen LogP contribution in [0.2, 0.25) is 0 Å². The summed E-state index contributed by atoms with van der Waals surface area (Å²) in [6.07, 6.45) is 2.09. The molecule has 0 aliphatic rings. The Hall–Kier alpha value is 0.01000. The van der Waals surface area contributed by atoms with E-state index in [0.29, 0.717) is 5.25 Å². The molecule has 0 saturated heterocycles. The predicted molar refractivity (Wildman–Crippen MR) is 64.0 cm³/mol. The van der Waals surface area contributed by atoms with Crippen LogP contribution in [0.4, 0.5) is 0 Å². The first kappa shape index (κ1) is 11.1. The number of benzene rings is 1. The smallest absolute Gasteiger partial charge is 0.0443 e. The maximum absolute atomic E-state index is 5.89. The van der Waals surface area contributed by atoms with Crippen molar-refractivity contribution < 1.29 is 0 Å². The van der Waals surface area contributed by atoms with Gasteiger partial charge in [-0.2, -0.15) is 11.8 Å². The molecule has 0 bridgehead atoms. The van der Waals surface area contributed by atoms with E-state index in [2.05, 4.69) is 34.3 Å². The maximum Gasteiger partial charge on any atom is 0.0443 e. The zero-order valence-electron chi connectivity index (χ0n) is 7.83. The van der Waals surface area contributed by atoms with Crippen molar-refractivity contribution in [2.24, 2.45) is 5.73 Å². The van der Waals surface area contributed by atoms with Crippen molar-refractivity contribution in [3.63, 3.8) is 0 Å². The number of hydrogen-bond donors (Lipinski definition) is 1. The van der Waals surface area contributed by atoms with E-state index in [4.69, 9.17) is 5.73 Å². The second kappa shape index (κ2) is 5.03. The van der Waals surface area contributed by atoms with E-state index in [-0.39, 0.29) is 6.04 Å². The normalized spacial score (nSPS) is 15.4. The molecule has 1 aromatic carbocycles. The molecule has 0 heterocycles. The first-order valence-corrected chi connectivity index (χ1v) is 6.27. The Morgan fingerprint density at radius 3 is 2.62 bits per heavy atom. The van der Waals surface area contributed by atoms with Crippen LogP contribution in [0.5, 0.6) is 0 Å². The van der Waals surface area contributed by atoms with Crippen molar-refractivity contribution in [1.82, 2.24) is 0 Å². The summed E-state index contributed by atoms with van der Waals surface area (Å²) >= 11 is 5.25. The first-order valence-electron chi connectivity index (χ1n) is 4.19. The van der Waals surface area contributed by atoms with Crippen molar-refractivity contribution in [3.8, 4) is 0 Å². The molecule has 1 aromatic rings. The number of halogens is 1. The number of rotatable bonds is 3. The summed E-state index contributed by atoms with van der Waals surface area (Å²) in [4.78, 5) is 0. The Morgan fingerprint density at radius 2 is 2.15 bits per heavy atom. The molecule has 1 nitrogen and oxygen atoms in total. The zero-order valence-corrected chi connectivity index (χ0v) is 10.2. The van der Waals surface area contributed by atoms with Crippen LogP contribution in [0.15, 0.2) is 28.7 Å². The Bertz CT molecular complexity index is 275. The third kappa shape index (κ3) is 3.01. The van der Waals surface area contributed by atoms with Crippen LogP contribution in [-0.4, -0.2) is 12.3 Å². The van der Waals surface area contributed by atoms with Gasteiger partial charge in [-0.1, -0.05) is 28.1 Å². The van der Waals surface area contributed by atoms with E-state index in [1.165, 1.54) is 5.56 Å². The van der Waals surface area contributed by atoms with E-state index in [9.17, 15) is 0 Å². The van der Waals surface area contributed by atoms with Gasteiger partial charge in [-0.05, 0) is 30.9 Å². The molecule has 2 N–H and O–H groups in total. The molecule has 13 heavy (non-hydrogen) atoms. The second-order valence-corrected chi connectivity index (χ2v) is 4.97. The molecular formula is C10H14BrNS. The molecule has 2 unspecified atom stereocenters. The van der Waals surface area contributed by atoms with Crippen LogP contribution >= 0.6 is 27.7 Å². The largest absolute Gasteiger partial charge is 0.327 e. The van der Waals surface area contributed by atoms with Crippen molar-refractivity contribution in [2.45, 2.75) is 18.2 Å². The highest BCUT2D eigenvalue weighted by Gasteiger charge is 2.14. The number of thioether (sulfide) groups is 1. The maximum atomic E-state index is 5.89. The standard InChI is InChI=1S/C10H14BrNS/c1-7(12)10(13-2)8-4-3-5-9(11)6-8/h3-7,10H,12H2,1-2H3. The minimum atomic E-state index is 0.185. The van der Waals surface area contributed by atoms with E-state index in [1.807, 2.05) is 19.1 Å². The molecule has 2 atom stereocenters. The van der Waals surface area contributed by atoms with Gasteiger partial charge < -0.3 is 5.73 Å². The number of nitrogens with two attached hydrogens (primary N) is 1. The molecule has 0 radical (unpaired) electrons. The van der Waals surface area contributed by atoms with Gasteiger partial charge in [0, 0.05) is 15.8 Å². The Balaban J connectivity index is 2.91. The van der Waals surface area contributed by atoms with Gasteiger partial charge in [0.2, 0.25) is 0 Å². The molecule has 0 aliphatic carbocycles. The summed E-state index contributed by atoms with van der Waals surface area (Å²) in [5, 5.41) is 0.387. The molecule has 72 valence electrons. The summed E-state index contributed by atoms with van der Waals surface area (Å²) in [7, 11) is 0. The van der Waals surface area contributed by atoms with Crippen LogP contribution < -0.4 is 5.73 Å². The Labute approximate surface area is 92.2 Å². The van der Waals surface area contributed by atoms with Gasteiger partial charge in [0.1, 0.15) is 0 Å². The SMILES string of the molecule is CSC(c1cccc(Br)c1)C(C)N. The molecule has 0 aromatic heterocycles. The molecule has 0 aliphatic heterocycles. The summed E-state index contributed by atoms with van der Waals surface area (Å²) in [5.41, 5.74) is 7.18. The fourth-order valence-electron chi connectivity index (χ4n) is 1.34. The average Bonchev–Trinajstić information content (AvgIpc) is 2.04. The minimum Gasteiger partial charge on any atom is -0.327 e. The van der Waals surface area contributed by atoms with Gasteiger partial charge in [-0.3, -0.25) is 0 Å². The Kier molecular flexibility index (Phi) is 4.29. The van der Waals surface area contributed by atoms with E-state index in [0.717, 1.165) is 4.47 Å². The molecular weight excluding hydrogens is 246 g/mol. The molecule has 0 saturated carbocycles. The third-order valence-corrected chi connectivity index (χ3v) is 3.61. The van der Waals surface area contributed by atoms with Gasteiger partial charge in [0.15, 0.2) is 0 Å². The topological polar surface area (TPSA) is 26.0 Å². The molecule has 0 amide bonds. The lowest BCUT2D eigenvalue weighted by Gasteiger charge is -2.18. The highest BCUT2D eigenvalue weighted by atomic mass is 79.9. The van der Waals surface area contributed by atoms with Crippen LogP contribution in [-0.2, 0) is 0 Å². The molecule has 0 spiro atoms. The van der Waals surface area contributed by atoms with Gasteiger partial charge in [-0.25, -0.2) is 0 Å². The highest BCUT2D eigenvalue weighted by Crippen LogP contribution is 2.30. The fourth-order valence-corrected chi connectivity index (χ4v) is 2.60. The molecule has 3 heteroatoms. The van der Waals surface area contributed by atoms with Gasteiger partial charge in [0.05, 0.1) is 0 Å². The predicted octanol–water partition coefficient (Wildman–Crippen LogP) is 3.20. The average molecular weight is 260 g/mol. The van der Waals surface area contributed by atoms with Gasteiger partial charge >= 0.3 is 0 Å². The lowest BCUT2D eigenvalue weighted by molar-refractivity contribution is 0.722. The van der Waals surface area contributed by atoms with Crippen LogP contribution in [0.1, 0.15) is 17.7 Å². The quantitative estimate of drug-likeness (QED) is 0.903. The lowest BCUT2D eigenvalue weighted by Crippen LogP contribution is -2.22. The molecule has 1 rings (SSSR count). The second-order valence-electron chi connectivity index (χ2n) is 3.07. The minimum absolute atomic E-state index is 0.185. The highest BCUT2D eigenvalue weighted by molar-refractivity contribution is 9.10. The summed E-state index contributed by atoms with van der Waals surface area (Å²) in [6, 6.07) is 8.51. The Morgan fingerprint density at radius 1 is 1.46 bits per heavy atom. The van der Waals surface area contributed by atoms with Crippen LogP contribution in [0.25, 0.3) is 0 Å². The van der Waals surface area contributed by atoms with Crippen molar-refractivity contribution in [3.05, 3.63) is 34.3 Å². The fraction of sp³-hybridized carbons (Fsp3) is 0.400. The third-order valence-electron chi connectivity index (χ3n) is 1.91. The summed E-state index contributed by atoms with van der Waals surface area (Å²) in [6.45, 7) is 2.04. The number of hydrogen-bond acceptors (Lipinski definition) is 2. The van der Waals surface area contributed by atoms with E-state index >= 15 is 0 Å². The van der Waals surface area contributed by atoms with E-state index in [1.54, 1.807) is 11.8 Å². The van der Waals surface area contributed by atoms with Crippen LogP contribution in [0.3, 0.4) is 0 Å². The monoisotopic (exact) mass is 259 g/mol. The van der Waals surface area contributed by atoms with Gasteiger partial charge in [-0.15, -0.1) is 0 Å². The van der Waals surface area contributed by atoms with Gasteiger partial charge in [0.25, 0.3) is 0 Å². The van der Waals surface area contributed by atoms with Crippen LogP contribution in [0, 0.1) is 0 Å². The van der Waals surface area contributed by atoms with Crippen molar-refractivity contribution in [2.75, 3.05) is 6.26 Å². The summed E-state index contributed by atoms with van der Waals surface area (Å²) in [5.74, 6) is 0. The van der Waals surface area contributed by atoms with E-state index < -0.39 is 0 Å². The summed E-state index contributed by atoms with van der Waals surface area (Å²) < 4.78 is 1.12. The zero-order chi connectivity index (χ0) is 9.84. The first-order chi connectivity index (χ1) is 6.15. The lowest BCUT2D eigenvalue weighted by atomic mass is 10.1. The van der Waals surface area contributed by atoms with Crippen molar-refractivity contribution >= 4 is 27.7 Å². The van der Waals surface area contributed by atoms with Crippen molar-refractivity contribution in [1.29, 1.82) is 0 Å². The molecule has 0 fully saturated rings.